The third kappa shape index (κ3) is 4.17. The number of carbonyl (C=O) groups is 1. The molecule has 7 heteroatoms. The Morgan fingerprint density at radius 3 is 2.67 bits per heavy atom. The van der Waals surface area contributed by atoms with Gasteiger partial charge < -0.3 is 19.8 Å². The van der Waals surface area contributed by atoms with Crippen molar-refractivity contribution in [1.82, 2.24) is 20.4 Å². The van der Waals surface area contributed by atoms with Gasteiger partial charge in [-0.25, -0.2) is 4.79 Å². The van der Waals surface area contributed by atoms with Crippen molar-refractivity contribution in [3.8, 4) is 0 Å². The van der Waals surface area contributed by atoms with Gasteiger partial charge in [0.2, 0.25) is 5.89 Å². The highest BCUT2D eigenvalue weighted by atomic mass is 16.5. The van der Waals surface area contributed by atoms with Crippen molar-refractivity contribution in [3.05, 3.63) is 11.7 Å². The van der Waals surface area contributed by atoms with E-state index in [-0.39, 0.29) is 18.0 Å². The predicted octanol–water partition coefficient (Wildman–Crippen LogP) is 1.49. The fourth-order valence-electron chi connectivity index (χ4n) is 2.19. The number of likely N-dealkylation sites (N-methyl/N-ethyl adjacent to an activating group) is 1. The van der Waals surface area contributed by atoms with Gasteiger partial charge in [0, 0.05) is 13.6 Å². The summed E-state index contributed by atoms with van der Waals surface area (Å²) < 4.78 is 5.15. The minimum atomic E-state index is -0.441. The lowest BCUT2D eigenvalue weighted by molar-refractivity contribution is 0.111. The first-order chi connectivity index (χ1) is 9.88. The van der Waals surface area contributed by atoms with Gasteiger partial charge in [0.05, 0.1) is 6.10 Å². The SMILES string of the molecule is Cc1noc(C(NC(=O)N(C)CC(O)C2CC2)C(C)C)n1. The van der Waals surface area contributed by atoms with E-state index in [1.165, 1.54) is 4.90 Å². The first-order valence-electron chi connectivity index (χ1n) is 7.38. The molecule has 0 spiro atoms. The van der Waals surface area contributed by atoms with Crippen molar-refractivity contribution in [3.63, 3.8) is 0 Å². The Kier molecular flexibility index (Phi) is 4.82. The van der Waals surface area contributed by atoms with Crippen molar-refractivity contribution in [2.24, 2.45) is 11.8 Å². The molecule has 0 radical (unpaired) electrons. The normalized spacial score (nSPS) is 17.6. The number of aryl methyl sites for hydroxylation is 1. The Morgan fingerprint density at radius 1 is 1.52 bits per heavy atom. The summed E-state index contributed by atoms with van der Waals surface area (Å²) in [6, 6.07) is -0.580. The fourth-order valence-corrected chi connectivity index (χ4v) is 2.19. The molecule has 0 aromatic carbocycles. The van der Waals surface area contributed by atoms with Crippen molar-refractivity contribution in [1.29, 1.82) is 0 Å². The lowest BCUT2D eigenvalue weighted by Gasteiger charge is -2.25. The van der Waals surface area contributed by atoms with Gasteiger partial charge in [-0.3, -0.25) is 0 Å². The van der Waals surface area contributed by atoms with E-state index in [1.807, 2.05) is 13.8 Å². The van der Waals surface area contributed by atoms with Crippen LogP contribution in [0.5, 0.6) is 0 Å². The minimum Gasteiger partial charge on any atom is -0.391 e. The highest BCUT2D eigenvalue weighted by molar-refractivity contribution is 5.74. The Balaban J connectivity index is 1.94. The Morgan fingerprint density at radius 2 is 2.19 bits per heavy atom. The molecule has 2 amide bonds. The van der Waals surface area contributed by atoms with Crippen LogP contribution in [0.15, 0.2) is 4.52 Å². The number of hydrogen-bond acceptors (Lipinski definition) is 5. The van der Waals surface area contributed by atoms with Crippen molar-refractivity contribution >= 4 is 6.03 Å². The minimum absolute atomic E-state index is 0.121. The maximum absolute atomic E-state index is 12.2. The van der Waals surface area contributed by atoms with Gasteiger partial charge in [-0.05, 0) is 31.6 Å². The van der Waals surface area contributed by atoms with Crippen LogP contribution in [0.3, 0.4) is 0 Å². The molecule has 2 rings (SSSR count). The van der Waals surface area contributed by atoms with Gasteiger partial charge in [-0.2, -0.15) is 4.98 Å². The molecular weight excluding hydrogens is 272 g/mol. The molecule has 7 nitrogen and oxygen atoms in total. The van der Waals surface area contributed by atoms with E-state index < -0.39 is 6.10 Å². The molecule has 2 N–H and O–H groups in total. The predicted molar refractivity (Wildman–Crippen MR) is 76.5 cm³/mol. The van der Waals surface area contributed by atoms with Gasteiger partial charge in [0.15, 0.2) is 5.82 Å². The highest BCUT2D eigenvalue weighted by Crippen LogP contribution is 2.32. The maximum atomic E-state index is 12.2. The molecule has 1 aromatic rings. The molecule has 2 atom stereocenters. The van der Waals surface area contributed by atoms with E-state index >= 15 is 0 Å². The highest BCUT2D eigenvalue weighted by Gasteiger charge is 2.32. The average Bonchev–Trinajstić information content (AvgIpc) is 3.18. The van der Waals surface area contributed by atoms with Crippen molar-refractivity contribution in [2.45, 2.75) is 45.8 Å². The number of hydrogen-bond donors (Lipinski definition) is 2. The number of aliphatic hydroxyl groups excluding tert-OH is 1. The van der Waals surface area contributed by atoms with Crippen LogP contribution in [0.2, 0.25) is 0 Å². The summed E-state index contributed by atoms with van der Waals surface area (Å²) in [5.41, 5.74) is 0. The van der Waals surface area contributed by atoms with Crippen LogP contribution in [0.25, 0.3) is 0 Å². The van der Waals surface area contributed by atoms with E-state index in [1.54, 1.807) is 14.0 Å². The summed E-state index contributed by atoms with van der Waals surface area (Å²) in [6.07, 6.45) is 1.66. The number of nitrogens with one attached hydrogen (secondary N) is 1. The third-order valence-corrected chi connectivity index (χ3v) is 3.73. The van der Waals surface area contributed by atoms with Crippen LogP contribution in [0, 0.1) is 18.8 Å². The molecular formula is C14H24N4O3. The Labute approximate surface area is 124 Å². The van der Waals surface area contributed by atoms with E-state index in [0.29, 0.717) is 24.2 Å². The summed E-state index contributed by atoms with van der Waals surface area (Å²) in [7, 11) is 1.68. The third-order valence-electron chi connectivity index (χ3n) is 3.73. The Hall–Kier alpha value is -1.63. The molecule has 1 aliphatic rings. The number of urea groups is 1. The largest absolute Gasteiger partial charge is 0.391 e. The lowest BCUT2D eigenvalue weighted by Crippen LogP contribution is -2.44. The van der Waals surface area contributed by atoms with E-state index in [4.69, 9.17) is 4.52 Å². The standard InChI is InChI=1S/C14H24N4O3/c1-8(2)12(13-15-9(3)17-21-13)16-14(20)18(4)7-11(19)10-5-6-10/h8,10-12,19H,5-7H2,1-4H3,(H,16,20). The smallest absolute Gasteiger partial charge is 0.317 e. The van der Waals surface area contributed by atoms with Gasteiger partial charge >= 0.3 is 6.03 Å². The number of aromatic nitrogens is 2. The first-order valence-corrected chi connectivity index (χ1v) is 7.38. The second kappa shape index (κ2) is 6.43. The molecule has 0 saturated heterocycles. The van der Waals surface area contributed by atoms with Crippen LogP contribution < -0.4 is 5.32 Å². The molecule has 0 bridgehead atoms. The first kappa shape index (κ1) is 15.8. The van der Waals surface area contributed by atoms with E-state index in [0.717, 1.165) is 12.8 Å². The van der Waals surface area contributed by atoms with E-state index in [2.05, 4.69) is 15.5 Å². The molecule has 21 heavy (non-hydrogen) atoms. The van der Waals surface area contributed by atoms with Gasteiger partial charge in [-0.1, -0.05) is 19.0 Å². The molecule has 1 fully saturated rings. The van der Waals surface area contributed by atoms with E-state index in [9.17, 15) is 9.90 Å². The summed E-state index contributed by atoms with van der Waals surface area (Å²) in [6.45, 7) is 6.03. The number of aliphatic hydroxyl groups is 1. The van der Waals surface area contributed by atoms with Crippen LogP contribution in [0.4, 0.5) is 4.79 Å². The van der Waals surface area contributed by atoms with Gasteiger partial charge in [-0.15, -0.1) is 0 Å². The summed E-state index contributed by atoms with van der Waals surface area (Å²) in [5.74, 6) is 1.42. The molecule has 1 saturated carbocycles. The number of rotatable bonds is 6. The number of carbonyl (C=O) groups excluding carboxylic acids is 1. The summed E-state index contributed by atoms with van der Waals surface area (Å²) in [5, 5.41) is 16.6. The molecule has 1 aromatic heterocycles. The monoisotopic (exact) mass is 296 g/mol. The summed E-state index contributed by atoms with van der Waals surface area (Å²) in [4.78, 5) is 17.9. The quantitative estimate of drug-likeness (QED) is 0.829. The van der Waals surface area contributed by atoms with Crippen LogP contribution in [-0.2, 0) is 0 Å². The molecule has 1 aliphatic carbocycles. The van der Waals surface area contributed by atoms with Crippen LogP contribution >= 0.6 is 0 Å². The van der Waals surface area contributed by atoms with Crippen molar-refractivity contribution < 1.29 is 14.4 Å². The second-order valence-corrected chi connectivity index (χ2v) is 6.14. The zero-order valence-electron chi connectivity index (χ0n) is 13.0. The number of nitrogens with zero attached hydrogens (tertiary/aromatic N) is 3. The van der Waals surface area contributed by atoms with Crippen molar-refractivity contribution in [2.75, 3.05) is 13.6 Å². The molecule has 118 valence electrons. The molecule has 2 unspecified atom stereocenters. The number of amides is 2. The maximum Gasteiger partial charge on any atom is 0.317 e. The lowest BCUT2D eigenvalue weighted by atomic mass is 10.0. The average molecular weight is 296 g/mol. The van der Waals surface area contributed by atoms with Gasteiger partial charge in [0.1, 0.15) is 6.04 Å². The molecule has 0 aliphatic heterocycles. The Bertz CT molecular complexity index is 484. The van der Waals surface area contributed by atoms with Crippen LogP contribution in [-0.4, -0.2) is 45.9 Å². The second-order valence-electron chi connectivity index (χ2n) is 6.14. The fraction of sp³-hybridized carbons (Fsp3) is 0.786. The topological polar surface area (TPSA) is 91.5 Å². The van der Waals surface area contributed by atoms with Gasteiger partial charge in [0.25, 0.3) is 0 Å². The summed E-state index contributed by atoms with van der Waals surface area (Å²) >= 11 is 0. The zero-order valence-corrected chi connectivity index (χ0v) is 13.0. The zero-order chi connectivity index (χ0) is 15.6. The van der Waals surface area contributed by atoms with Crippen LogP contribution in [0.1, 0.15) is 44.4 Å². The molecule has 1 heterocycles.